The maximum atomic E-state index is 4.53. The Kier molecular flexibility index (Phi) is 6.79. The van der Waals surface area contributed by atoms with Gasteiger partial charge in [-0.2, -0.15) is 0 Å². The highest BCUT2D eigenvalue weighted by atomic mass is 32.1. The van der Waals surface area contributed by atoms with Crippen LogP contribution >= 0.6 is 12.6 Å². The van der Waals surface area contributed by atoms with Crippen molar-refractivity contribution in [3.8, 4) is 11.8 Å². The van der Waals surface area contributed by atoms with E-state index in [-0.39, 0.29) is 5.92 Å². The third-order valence-corrected chi connectivity index (χ3v) is 5.35. The molecule has 0 nitrogen and oxygen atoms in total. The Balaban J connectivity index is 2.61. The van der Waals surface area contributed by atoms with Gasteiger partial charge in [-0.15, -0.1) is 12.6 Å². The molecule has 0 aliphatic heterocycles. The van der Waals surface area contributed by atoms with Crippen molar-refractivity contribution in [1.29, 1.82) is 0 Å². The zero-order valence-electron chi connectivity index (χ0n) is 16.4. The van der Waals surface area contributed by atoms with Crippen molar-refractivity contribution >= 4 is 12.6 Å². The average molecular weight is 351 g/mol. The first kappa shape index (κ1) is 19.7. The monoisotopic (exact) mass is 350 g/mol. The Morgan fingerprint density at radius 3 is 2.60 bits per heavy atom. The molecule has 0 amide bonds. The predicted molar refractivity (Wildman–Crippen MR) is 114 cm³/mol. The molecule has 25 heavy (non-hydrogen) atoms. The minimum atomic E-state index is 0.287. The predicted octanol–water partition coefficient (Wildman–Crippen LogP) is 6.82. The van der Waals surface area contributed by atoms with Crippen molar-refractivity contribution in [2.45, 2.75) is 48.0 Å². The summed E-state index contributed by atoms with van der Waals surface area (Å²) in [6.45, 7) is 13.1. The van der Waals surface area contributed by atoms with E-state index in [1.165, 1.54) is 22.3 Å². The van der Waals surface area contributed by atoms with Crippen LogP contribution in [0.1, 0.15) is 48.0 Å². The van der Waals surface area contributed by atoms with Gasteiger partial charge in [-0.3, -0.25) is 0 Å². The average Bonchev–Trinajstić information content (AvgIpc) is 2.73. The highest BCUT2D eigenvalue weighted by Crippen LogP contribution is 2.40. The minimum Gasteiger partial charge on any atom is -0.134 e. The van der Waals surface area contributed by atoms with Crippen LogP contribution in [0, 0.1) is 29.6 Å². The molecule has 3 unspecified atom stereocenters. The van der Waals surface area contributed by atoms with Crippen molar-refractivity contribution in [3.63, 3.8) is 0 Å². The molecule has 2 rings (SSSR count). The fraction of sp³-hybridized carbons (Fsp3) is 0.417. The van der Waals surface area contributed by atoms with Gasteiger partial charge in [0.15, 0.2) is 0 Å². The van der Waals surface area contributed by atoms with Gasteiger partial charge in [0.05, 0.1) is 4.91 Å². The summed E-state index contributed by atoms with van der Waals surface area (Å²) in [4.78, 5) is 0.895. The van der Waals surface area contributed by atoms with E-state index >= 15 is 0 Å². The summed E-state index contributed by atoms with van der Waals surface area (Å²) in [5, 5.41) is 0. The summed E-state index contributed by atoms with van der Waals surface area (Å²) >= 11 is 4.53. The summed E-state index contributed by atoms with van der Waals surface area (Å²) in [6.07, 6.45) is 14.6. The van der Waals surface area contributed by atoms with Gasteiger partial charge in [0.1, 0.15) is 0 Å². The molecule has 2 aliphatic rings. The summed E-state index contributed by atoms with van der Waals surface area (Å²) < 4.78 is 0. The first-order valence-electron chi connectivity index (χ1n) is 9.12. The lowest BCUT2D eigenvalue weighted by Gasteiger charge is -2.25. The normalized spacial score (nSPS) is 26.8. The summed E-state index contributed by atoms with van der Waals surface area (Å²) in [7, 11) is 0. The van der Waals surface area contributed by atoms with Crippen LogP contribution < -0.4 is 0 Å². The third-order valence-electron chi connectivity index (χ3n) is 4.89. The highest BCUT2D eigenvalue weighted by Gasteiger charge is 2.29. The van der Waals surface area contributed by atoms with Crippen LogP contribution in [0.4, 0.5) is 0 Å². The highest BCUT2D eigenvalue weighted by molar-refractivity contribution is 7.84. The molecular formula is C24H30S. The van der Waals surface area contributed by atoms with Gasteiger partial charge in [0.25, 0.3) is 0 Å². The van der Waals surface area contributed by atoms with E-state index < -0.39 is 0 Å². The summed E-state index contributed by atoms with van der Waals surface area (Å²) in [6, 6.07) is 0. The molecule has 0 aromatic carbocycles. The Labute approximate surface area is 159 Å². The molecular weight excluding hydrogens is 320 g/mol. The van der Waals surface area contributed by atoms with E-state index in [2.05, 4.69) is 102 Å². The number of hydrogen-bond donors (Lipinski definition) is 1. The number of rotatable bonds is 3. The van der Waals surface area contributed by atoms with E-state index in [9.17, 15) is 0 Å². The Bertz CT molecular complexity index is 765. The summed E-state index contributed by atoms with van der Waals surface area (Å²) in [5.41, 5.74) is 6.64. The first-order chi connectivity index (χ1) is 11.8. The fourth-order valence-electron chi connectivity index (χ4n) is 3.74. The van der Waals surface area contributed by atoms with Gasteiger partial charge in [0, 0.05) is 11.8 Å². The van der Waals surface area contributed by atoms with Crippen LogP contribution in [-0.2, 0) is 0 Å². The second kappa shape index (κ2) is 8.63. The standard InChI is InChI=1S/C24H30S/c1-7-8-9-17(4)24-19(6)14-20-10-11-23(25)18(5)13-21(20)15-22(24)12-16(2)3/h7-9,12-13,15,19-20,24-25H,14H2,1-6H3/b8-7-,17-9-. The van der Waals surface area contributed by atoms with E-state index in [0.29, 0.717) is 11.8 Å². The number of thiol groups is 1. The van der Waals surface area contributed by atoms with Crippen molar-refractivity contribution in [1.82, 2.24) is 0 Å². The zero-order chi connectivity index (χ0) is 18.6. The minimum absolute atomic E-state index is 0.287. The molecule has 2 aliphatic carbocycles. The van der Waals surface area contributed by atoms with Gasteiger partial charge in [-0.25, -0.2) is 0 Å². The molecule has 132 valence electrons. The van der Waals surface area contributed by atoms with Gasteiger partial charge in [0.2, 0.25) is 0 Å². The molecule has 0 aromatic heterocycles. The SMILES string of the molecule is C/C=C\C=C(\C)C1C(C=C(C)C)=CC2=CC(C)=C(S)C#CC2CC1C. The quantitative estimate of drug-likeness (QED) is 0.322. The second-order valence-corrected chi connectivity index (χ2v) is 7.94. The van der Waals surface area contributed by atoms with Crippen molar-refractivity contribution < 1.29 is 0 Å². The Morgan fingerprint density at radius 2 is 1.96 bits per heavy atom. The zero-order valence-corrected chi connectivity index (χ0v) is 17.2. The maximum Gasteiger partial charge on any atom is 0.0572 e. The van der Waals surface area contributed by atoms with Crippen molar-refractivity contribution in [3.05, 3.63) is 69.2 Å². The topological polar surface area (TPSA) is 0 Å². The Morgan fingerprint density at radius 1 is 1.24 bits per heavy atom. The molecule has 1 heteroatoms. The lowest BCUT2D eigenvalue weighted by atomic mass is 9.79. The largest absolute Gasteiger partial charge is 0.134 e. The lowest BCUT2D eigenvalue weighted by Crippen LogP contribution is -2.16. The van der Waals surface area contributed by atoms with Gasteiger partial charge < -0.3 is 0 Å². The first-order valence-corrected chi connectivity index (χ1v) is 9.57. The fourth-order valence-corrected chi connectivity index (χ4v) is 3.87. The van der Waals surface area contributed by atoms with Crippen LogP contribution in [0.15, 0.2) is 69.2 Å². The maximum absolute atomic E-state index is 4.53. The van der Waals surface area contributed by atoms with Crippen LogP contribution in [0.5, 0.6) is 0 Å². The van der Waals surface area contributed by atoms with Crippen molar-refractivity contribution in [2.75, 3.05) is 0 Å². The van der Waals surface area contributed by atoms with Gasteiger partial charge in [-0.05, 0) is 63.7 Å². The lowest BCUT2D eigenvalue weighted by molar-refractivity contribution is 0.417. The Hall–Kier alpha value is -1.65. The molecule has 0 heterocycles. The molecule has 0 spiro atoms. The smallest absolute Gasteiger partial charge is 0.0572 e. The number of hydrogen-bond acceptors (Lipinski definition) is 1. The van der Waals surface area contributed by atoms with Crippen LogP contribution in [0.2, 0.25) is 0 Å². The molecule has 0 radical (unpaired) electrons. The van der Waals surface area contributed by atoms with Crippen LogP contribution in [0.3, 0.4) is 0 Å². The van der Waals surface area contributed by atoms with Crippen LogP contribution in [0.25, 0.3) is 0 Å². The van der Waals surface area contributed by atoms with Gasteiger partial charge >= 0.3 is 0 Å². The van der Waals surface area contributed by atoms with Crippen molar-refractivity contribution in [2.24, 2.45) is 17.8 Å². The van der Waals surface area contributed by atoms with E-state index in [4.69, 9.17) is 0 Å². The molecule has 0 saturated heterocycles. The van der Waals surface area contributed by atoms with E-state index in [1.54, 1.807) is 0 Å². The summed E-state index contributed by atoms with van der Waals surface area (Å²) in [5.74, 6) is 7.96. The number of fused-ring (bicyclic) bond motifs is 1. The molecule has 0 N–H and O–H groups in total. The third kappa shape index (κ3) is 4.93. The van der Waals surface area contributed by atoms with Gasteiger partial charge in [-0.1, -0.05) is 66.4 Å². The van der Waals surface area contributed by atoms with E-state index in [1.807, 2.05) is 0 Å². The molecule has 0 fully saturated rings. The van der Waals surface area contributed by atoms with Crippen LogP contribution in [-0.4, -0.2) is 0 Å². The second-order valence-electron chi connectivity index (χ2n) is 7.49. The number of allylic oxidation sites excluding steroid dienone is 12. The van der Waals surface area contributed by atoms with E-state index in [0.717, 1.165) is 16.9 Å². The molecule has 3 atom stereocenters. The molecule has 0 saturated carbocycles. The molecule has 0 bridgehead atoms. The molecule has 0 aromatic rings.